The van der Waals surface area contributed by atoms with Gasteiger partial charge < -0.3 is 4.74 Å². The van der Waals surface area contributed by atoms with E-state index in [-0.39, 0.29) is 29.1 Å². The van der Waals surface area contributed by atoms with E-state index in [9.17, 15) is 8.42 Å². The molecule has 0 aliphatic carbocycles. The fourth-order valence-electron chi connectivity index (χ4n) is 2.59. The smallest absolute Gasteiger partial charge is 0.241 e. The fraction of sp³-hybridized carbons (Fsp3) is 0.333. The lowest BCUT2D eigenvalue weighted by Crippen LogP contribution is -2.30. The highest BCUT2D eigenvalue weighted by molar-refractivity contribution is 7.89. The van der Waals surface area contributed by atoms with Crippen LogP contribution in [0.1, 0.15) is 18.1 Å². The maximum atomic E-state index is 11.7. The van der Waals surface area contributed by atoms with Gasteiger partial charge in [0.15, 0.2) is 0 Å². The highest BCUT2D eigenvalue weighted by Gasteiger charge is 2.17. The summed E-state index contributed by atoms with van der Waals surface area (Å²) in [6.45, 7) is 2.95. The summed E-state index contributed by atoms with van der Waals surface area (Å²) in [5.41, 5.74) is 2.15. The molecule has 0 saturated heterocycles. The molecule has 0 aliphatic heterocycles. The summed E-state index contributed by atoms with van der Waals surface area (Å²) < 4.78 is 28.5. The van der Waals surface area contributed by atoms with Crippen LogP contribution >= 0.6 is 12.4 Å². The molecule has 25 heavy (non-hydrogen) atoms. The van der Waals surface area contributed by atoms with Gasteiger partial charge in [0.05, 0.1) is 7.11 Å². The Morgan fingerprint density at radius 2 is 1.76 bits per heavy atom. The highest BCUT2D eigenvalue weighted by atomic mass is 35.5. The van der Waals surface area contributed by atoms with E-state index in [0.717, 1.165) is 18.5 Å². The zero-order valence-corrected chi connectivity index (χ0v) is 16.3. The summed E-state index contributed by atoms with van der Waals surface area (Å²) in [6, 6.07) is 15.6. The Bertz CT molecular complexity index is 782. The first kappa shape index (κ1) is 21.4. The first-order valence-electron chi connectivity index (χ1n) is 7.75. The summed E-state index contributed by atoms with van der Waals surface area (Å²) in [5, 5.41) is 5.28. The number of rotatable bonds is 7. The van der Waals surface area contributed by atoms with Crippen molar-refractivity contribution in [2.45, 2.75) is 30.8 Å². The third-order valence-electron chi connectivity index (χ3n) is 4.09. The van der Waals surface area contributed by atoms with Crippen LogP contribution in [0.5, 0.6) is 5.75 Å². The Morgan fingerprint density at radius 3 is 2.32 bits per heavy atom. The van der Waals surface area contributed by atoms with E-state index in [4.69, 9.17) is 9.88 Å². The first-order valence-corrected chi connectivity index (χ1v) is 9.29. The molecule has 2 aromatic rings. The molecule has 0 radical (unpaired) electrons. The number of sulfonamides is 1. The molecular formula is C18H25ClN2O3S. The number of hydrogen-bond acceptors (Lipinski definition) is 4. The van der Waals surface area contributed by atoms with E-state index < -0.39 is 10.0 Å². The van der Waals surface area contributed by atoms with Crippen LogP contribution in [0.25, 0.3) is 0 Å². The second kappa shape index (κ2) is 9.20. The fourth-order valence-corrected chi connectivity index (χ4v) is 3.34. The van der Waals surface area contributed by atoms with Crippen molar-refractivity contribution in [3.63, 3.8) is 0 Å². The van der Waals surface area contributed by atoms with Crippen molar-refractivity contribution in [1.29, 1.82) is 0 Å². The number of nitrogens with zero attached hydrogens (tertiary/aromatic N) is 1. The van der Waals surface area contributed by atoms with Gasteiger partial charge in [-0.25, -0.2) is 13.6 Å². The van der Waals surface area contributed by atoms with Gasteiger partial charge in [-0.1, -0.05) is 36.4 Å². The van der Waals surface area contributed by atoms with Crippen molar-refractivity contribution in [2.24, 2.45) is 5.14 Å². The topological polar surface area (TPSA) is 72.6 Å². The van der Waals surface area contributed by atoms with Crippen molar-refractivity contribution in [3.8, 4) is 5.75 Å². The zero-order chi connectivity index (χ0) is 17.7. The van der Waals surface area contributed by atoms with Crippen LogP contribution in [0, 0.1) is 0 Å². The average molecular weight is 385 g/mol. The van der Waals surface area contributed by atoms with Gasteiger partial charge >= 0.3 is 0 Å². The van der Waals surface area contributed by atoms with Crippen LogP contribution in [-0.4, -0.2) is 33.5 Å². The number of nitrogens with two attached hydrogens (primary N) is 1. The van der Waals surface area contributed by atoms with Gasteiger partial charge in [0, 0.05) is 12.6 Å². The lowest BCUT2D eigenvalue weighted by molar-refractivity contribution is 0.248. The lowest BCUT2D eigenvalue weighted by Gasteiger charge is -2.25. The average Bonchev–Trinajstić information content (AvgIpc) is 2.55. The van der Waals surface area contributed by atoms with Crippen LogP contribution in [0.2, 0.25) is 0 Å². The standard InChI is InChI=1S/C18H24N2O3S.ClH/c1-14(20(2)13-15-7-5-4-6-8-15)11-16-9-10-17(23-3)18(12-16)24(19,21)22;/h4-10,12,14H,11,13H2,1-3H3,(H2,19,21,22);1H. The summed E-state index contributed by atoms with van der Waals surface area (Å²) in [7, 11) is -0.323. The third kappa shape index (κ3) is 6.01. The third-order valence-corrected chi connectivity index (χ3v) is 5.03. The van der Waals surface area contributed by atoms with Crippen LogP contribution in [0.15, 0.2) is 53.4 Å². The van der Waals surface area contributed by atoms with Crippen molar-refractivity contribution < 1.29 is 13.2 Å². The molecule has 0 aromatic heterocycles. The van der Waals surface area contributed by atoms with Crippen molar-refractivity contribution >= 4 is 22.4 Å². The molecule has 1 atom stereocenters. The van der Waals surface area contributed by atoms with Crippen molar-refractivity contribution in [2.75, 3.05) is 14.2 Å². The second-order valence-corrected chi connectivity index (χ2v) is 7.51. The molecule has 0 amide bonds. The predicted octanol–water partition coefficient (Wildman–Crippen LogP) is 2.83. The SMILES string of the molecule is COc1ccc(CC(C)N(C)Cc2ccccc2)cc1S(N)(=O)=O.Cl. The number of hydrogen-bond donors (Lipinski definition) is 1. The summed E-state index contributed by atoms with van der Waals surface area (Å²) >= 11 is 0. The highest BCUT2D eigenvalue weighted by Crippen LogP contribution is 2.24. The van der Waals surface area contributed by atoms with Crippen molar-refractivity contribution in [3.05, 3.63) is 59.7 Å². The molecule has 2 N–H and O–H groups in total. The van der Waals surface area contributed by atoms with Gasteiger partial charge in [-0.15, -0.1) is 12.4 Å². The minimum absolute atomic E-state index is 0. The van der Waals surface area contributed by atoms with Crippen LogP contribution in [0.4, 0.5) is 0 Å². The molecule has 138 valence electrons. The predicted molar refractivity (Wildman–Crippen MR) is 103 cm³/mol. The molecule has 0 saturated carbocycles. The van der Waals surface area contributed by atoms with E-state index >= 15 is 0 Å². The molecule has 5 nitrogen and oxygen atoms in total. The number of benzene rings is 2. The Kier molecular flexibility index (Phi) is 7.89. The molecule has 2 aromatic carbocycles. The van der Waals surface area contributed by atoms with E-state index in [1.807, 2.05) is 24.3 Å². The number of likely N-dealkylation sites (N-methyl/N-ethyl adjacent to an activating group) is 1. The van der Waals surface area contributed by atoms with Gasteiger partial charge in [-0.2, -0.15) is 0 Å². The maximum absolute atomic E-state index is 11.7. The molecule has 0 aliphatic rings. The van der Waals surface area contributed by atoms with E-state index in [1.165, 1.54) is 12.7 Å². The summed E-state index contributed by atoms with van der Waals surface area (Å²) in [6.07, 6.45) is 0.718. The molecule has 0 bridgehead atoms. The lowest BCUT2D eigenvalue weighted by atomic mass is 10.1. The number of methoxy groups -OCH3 is 1. The number of halogens is 1. The Balaban J connectivity index is 0.00000312. The van der Waals surface area contributed by atoms with Crippen molar-refractivity contribution in [1.82, 2.24) is 4.90 Å². The quantitative estimate of drug-likeness (QED) is 0.796. The molecule has 0 heterocycles. The van der Waals surface area contributed by atoms with Crippen LogP contribution in [0.3, 0.4) is 0 Å². The number of ether oxygens (including phenoxy) is 1. The zero-order valence-electron chi connectivity index (χ0n) is 14.7. The Morgan fingerprint density at radius 1 is 1.12 bits per heavy atom. The molecule has 0 spiro atoms. The first-order chi connectivity index (χ1) is 11.3. The molecular weight excluding hydrogens is 360 g/mol. The molecule has 7 heteroatoms. The normalized spacial score (nSPS) is 12.5. The van der Waals surface area contributed by atoms with E-state index in [0.29, 0.717) is 0 Å². The Labute approximate surface area is 156 Å². The minimum atomic E-state index is -3.81. The summed E-state index contributed by atoms with van der Waals surface area (Å²) in [4.78, 5) is 2.26. The minimum Gasteiger partial charge on any atom is -0.495 e. The van der Waals surface area contributed by atoms with Gasteiger partial charge in [0.25, 0.3) is 0 Å². The van der Waals surface area contributed by atoms with Crippen LogP contribution in [-0.2, 0) is 23.0 Å². The van der Waals surface area contributed by atoms with Gasteiger partial charge in [-0.05, 0) is 43.7 Å². The van der Waals surface area contributed by atoms with E-state index in [1.54, 1.807) is 12.1 Å². The maximum Gasteiger partial charge on any atom is 0.241 e. The van der Waals surface area contributed by atoms with E-state index in [2.05, 4.69) is 31.0 Å². The summed E-state index contributed by atoms with van der Waals surface area (Å²) in [5.74, 6) is 0.270. The monoisotopic (exact) mass is 384 g/mol. The van der Waals surface area contributed by atoms with Crippen LogP contribution < -0.4 is 9.88 Å². The number of primary sulfonamides is 1. The van der Waals surface area contributed by atoms with Gasteiger partial charge in [-0.3, -0.25) is 4.90 Å². The Hall–Kier alpha value is -1.60. The molecule has 1 unspecified atom stereocenters. The largest absolute Gasteiger partial charge is 0.495 e. The molecule has 2 rings (SSSR count). The van der Waals surface area contributed by atoms with Gasteiger partial charge in [0.1, 0.15) is 10.6 Å². The molecule has 0 fully saturated rings. The van der Waals surface area contributed by atoms with Gasteiger partial charge in [0.2, 0.25) is 10.0 Å². The second-order valence-electron chi connectivity index (χ2n) is 5.98.